The van der Waals surface area contributed by atoms with Gasteiger partial charge in [-0.3, -0.25) is 19.7 Å². The van der Waals surface area contributed by atoms with E-state index in [0.717, 1.165) is 0 Å². The minimum Gasteiger partial charge on any atom is -0.342 e. The van der Waals surface area contributed by atoms with Crippen molar-refractivity contribution < 1.29 is 14.5 Å². The molecule has 1 heterocycles. The highest BCUT2D eigenvalue weighted by molar-refractivity contribution is 7.99. The fraction of sp³-hybridized carbons (Fsp3) is 0.304. The first-order valence-electron chi connectivity index (χ1n) is 10.8. The average molecular weight is 551 g/mol. The number of thioether (sulfide) groups is 1. The minimum absolute atomic E-state index is 0.0193. The predicted molar refractivity (Wildman–Crippen MR) is 140 cm³/mol. The zero-order valence-electron chi connectivity index (χ0n) is 19.9. The van der Waals surface area contributed by atoms with Gasteiger partial charge in [-0.25, -0.2) is 0 Å². The van der Waals surface area contributed by atoms with E-state index in [9.17, 15) is 19.7 Å². The summed E-state index contributed by atoms with van der Waals surface area (Å²) in [6, 6.07) is 8.42. The highest BCUT2D eigenvalue weighted by atomic mass is 35.5. The number of halogens is 2. The van der Waals surface area contributed by atoms with E-state index in [2.05, 4.69) is 20.8 Å². The molecule has 190 valence electrons. The minimum atomic E-state index is -0.489. The Morgan fingerprint density at radius 1 is 1.17 bits per heavy atom. The average Bonchev–Trinajstić information content (AvgIpc) is 3.16. The number of aromatic nitrogens is 3. The Labute approximate surface area is 221 Å². The van der Waals surface area contributed by atoms with E-state index >= 15 is 0 Å². The molecule has 36 heavy (non-hydrogen) atoms. The SMILES string of the molecule is Cc1cc([N+](=O)[O-])ccc1NC(=O)CSc1nnc([C@H](NC(=O)c2ccc(Cl)cc2Cl)C(C)C)n1C. The molecular weight excluding hydrogens is 527 g/mol. The van der Waals surface area contributed by atoms with Crippen molar-refractivity contribution in [2.24, 2.45) is 13.0 Å². The maximum absolute atomic E-state index is 12.9. The first-order chi connectivity index (χ1) is 17.0. The van der Waals surface area contributed by atoms with Gasteiger partial charge >= 0.3 is 0 Å². The van der Waals surface area contributed by atoms with Crippen molar-refractivity contribution in [2.45, 2.75) is 32.0 Å². The maximum Gasteiger partial charge on any atom is 0.269 e. The number of hydrogen-bond acceptors (Lipinski definition) is 7. The van der Waals surface area contributed by atoms with Crippen LogP contribution >= 0.6 is 35.0 Å². The number of nitrogens with one attached hydrogen (secondary N) is 2. The summed E-state index contributed by atoms with van der Waals surface area (Å²) >= 11 is 13.3. The van der Waals surface area contributed by atoms with E-state index < -0.39 is 11.0 Å². The van der Waals surface area contributed by atoms with Gasteiger partial charge in [0.15, 0.2) is 11.0 Å². The molecule has 0 unspecified atom stereocenters. The lowest BCUT2D eigenvalue weighted by Gasteiger charge is -2.22. The van der Waals surface area contributed by atoms with Gasteiger partial charge < -0.3 is 15.2 Å². The van der Waals surface area contributed by atoms with Gasteiger partial charge in [0.2, 0.25) is 5.91 Å². The lowest BCUT2D eigenvalue weighted by molar-refractivity contribution is -0.384. The molecule has 0 aliphatic heterocycles. The van der Waals surface area contributed by atoms with Gasteiger partial charge in [-0.1, -0.05) is 48.8 Å². The first kappa shape index (κ1) is 27.4. The lowest BCUT2D eigenvalue weighted by atomic mass is 10.0. The molecule has 2 N–H and O–H groups in total. The Morgan fingerprint density at radius 2 is 1.89 bits per heavy atom. The molecule has 0 radical (unpaired) electrons. The molecular formula is C23H24Cl2N6O4S. The molecule has 0 saturated carbocycles. The Kier molecular flexibility index (Phi) is 8.93. The van der Waals surface area contributed by atoms with Crippen molar-refractivity contribution in [1.29, 1.82) is 0 Å². The van der Waals surface area contributed by atoms with Crippen molar-refractivity contribution in [2.75, 3.05) is 11.1 Å². The van der Waals surface area contributed by atoms with Crippen molar-refractivity contribution >= 4 is 58.2 Å². The van der Waals surface area contributed by atoms with Gasteiger partial charge in [0.25, 0.3) is 11.6 Å². The number of rotatable bonds is 9. The Hall–Kier alpha value is -3.15. The Balaban J connectivity index is 1.68. The Morgan fingerprint density at radius 3 is 2.50 bits per heavy atom. The summed E-state index contributed by atoms with van der Waals surface area (Å²) in [6.07, 6.45) is 0. The molecule has 0 saturated heterocycles. The van der Waals surface area contributed by atoms with Crippen LogP contribution in [0.15, 0.2) is 41.6 Å². The quantitative estimate of drug-likeness (QED) is 0.212. The molecule has 2 aromatic carbocycles. The number of carbonyl (C=O) groups is 2. The molecule has 13 heteroatoms. The van der Waals surface area contributed by atoms with Crippen LogP contribution in [-0.2, 0) is 11.8 Å². The number of anilines is 1. The fourth-order valence-corrected chi connectivity index (χ4v) is 4.58. The highest BCUT2D eigenvalue weighted by Gasteiger charge is 2.26. The second kappa shape index (κ2) is 11.7. The summed E-state index contributed by atoms with van der Waals surface area (Å²) in [4.78, 5) is 35.7. The van der Waals surface area contributed by atoms with Crippen LogP contribution in [0, 0.1) is 23.0 Å². The summed E-state index contributed by atoms with van der Waals surface area (Å²) in [5.41, 5.74) is 1.33. The predicted octanol–water partition coefficient (Wildman–Crippen LogP) is 5.20. The summed E-state index contributed by atoms with van der Waals surface area (Å²) in [5.74, 6) is -0.119. The molecule has 10 nitrogen and oxygen atoms in total. The van der Waals surface area contributed by atoms with Crippen LogP contribution in [-0.4, -0.2) is 37.3 Å². The zero-order chi connectivity index (χ0) is 26.6. The molecule has 3 rings (SSSR count). The largest absolute Gasteiger partial charge is 0.342 e. The first-order valence-corrected chi connectivity index (χ1v) is 12.5. The Bertz CT molecular complexity index is 1310. The van der Waals surface area contributed by atoms with Crippen LogP contribution in [0.25, 0.3) is 0 Å². The van der Waals surface area contributed by atoms with E-state index in [0.29, 0.717) is 32.8 Å². The van der Waals surface area contributed by atoms with Crippen LogP contribution in [0.2, 0.25) is 10.0 Å². The standard InChI is InChI=1S/C23H24Cl2N6O4S/c1-12(2)20(27-22(33)16-7-5-14(24)10-17(16)25)21-28-29-23(30(21)4)36-11-19(32)26-18-8-6-15(31(34)35)9-13(18)3/h5-10,12,20H,11H2,1-4H3,(H,26,32)(H,27,33)/t20-/m1/s1. The molecule has 0 aliphatic rings. The van der Waals surface area contributed by atoms with Gasteiger partial charge in [-0.05, 0) is 42.7 Å². The molecule has 1 atom stereocenters. The zero-order valence-corrected chi connectivity index (χ0v) is 22.2. The van der Waals surface area contributed by atoms with Crippen molar-refractivity contribution in [1.82, 2.24) is 20.1 Å². The van der Waals surface area contributed by atoms with E-state index in [1.807, 2.05) is 13.8 Å². The molecule has 3 aromatic rings. The van der Waals surface area contributed by atoms with E-state index in [4.69, 9.17) is 23.2 Å². The monoisotopic (exact) mass is 550 g/mol. The number of nitro benzene ring substituents is 1. The van der Waals surface area contributed by atoms with Gasteiger partial charge in [0.05, 0.1) is 27.3 Å². The van der Waals surface area contributed by atoms with Gasteiger partial charge in [-0.15, -0.1) is 10.2 Å². The number of aryl methyl sites for hydroxylation is 1. The third-order valence-corrected chi connectivity index (χ3v) is 6.87. The van der Waals surface area contributed by atoms with Crippen LogP contribution < -0.4 is 10.6 Å². The smallest absolute Gasteiger partial charge is 0.269 e. The normalized spacial score (nSPS) is 11.9. The number of nitrogens with zero attached hydrogens (tertiary/aromatic N) is 4. The molecule has 0 spiro atoms. The number of carbonyl (C=O) groups excluding carboxylic acids is 2. The van der Waals surface area contributed by atoms with E-state index in [-0.39, 0.29) is 34.2 Å². The summed E-state index contributed by atoms with van der Waals surface area (Å²) in [5, 5.41) is 26.2. The second-order valence-electron chi connectivity index (χ2n) is 8.31. The van der Waals surface area contributed by atoms with Crippen molar-refractivity contribution in [3.8, 4) is 0 Å². The second-order valence-corrected chi connectivity index (χ2v) is 10.1. The fourth-order valence-electron chi connectivity index (χ4n) is 3.36. The summed E-state index contributed by atoms with van der Waals surface area (Å²) in [7, 11) is 1.76. The molecule has 2 amide bonds. The lowest BCUT2D eigenvalue weighted by Crippen LogP contribution is -2.33. The van der Waals surface area contributed by atoms with Gasteiger partial charge in [0, 0.05) is 29.9 Å². The third kappa shape index (κ3) is 6.54. The maximum atomic E-state index is 12.9. The van der Waals surface area contributed by atoms with Crippen LogP contribution in [0.3, 0.4) is 0 Å². The number of non-ortho nitro benzene ring substituents is 1. The van der Waals surface area contributed by atoms with Crippen molar-refractivity contribution in [3.63, 3.8) is 0 Å². The molecule has 1 aromatic heterocycles. The number of nitro groups is 1. The van der Waals surface area contributed by atoms with Crippen LogP contribution in [0.1, 0.15) is 41.6 Å². The van der Waals surface area contributed by atoms with Crippen LogP contribution in [0.5, 0.6) is 0 Å². The van der Waals surface area contributed by atoms with Crippen LogP contribution in [0.4, 0.5) is 11.4 Å². The van der Waals surface area contributed by atoms with E-state index in [1.54, 1.807) is 30.7 Å². The number of hydrogen-bond donors (Lipinski definition) is 2. The molecule has 0 fully saturated rings. The summed E-state index contributed by atoms with van der Waals surface area (Å²) < 4.78 is 1.73. The van der Waals surface area contributed by atoms with E-state index in [1.165, 1.54) is 36.0 Å². The van der Waals surface area contributed by atoms with Crippen molar-refractivity contribution in [3.05, 3.63) is 73.5 Å². The number of amides is 2. The highest BCUT2D eigenvalue weighted by Crippen LogP contribution is 2.27. The topological polar surface area (TPSA) is 132 Å². The van der Waals surface area contributed by atoms with Gasteiger partial charge in [-0.2, -0.15) is 0 Å². The molecule has 0 bridgehead atoms. The molecule has 0 aliphatic carbocycles. The number of benzene rings is 2. The summed E-state index contributed by atoms with van der Waals surface area (Å²) in [6.45, 7) is 5.56. The van der Waals surface area contributed by atoms with Gasteiger partial charge in [0.1, 0.15) is 0 Å². The third-order valence-electron chi connectivity index (χ3n) is 5.30.